The van der Waals surface area contributed by atoms with Crippen molar-refractivity contribution in [2.24, 2.45) is 10.9 Å². The first-order valence-corrected chi connectivity index (χ1v) is 14.0. The number of amides is 2. The van der Waals surface area contributed by atoms with Gasteiger partial charge in [-0.1, -0.05) is 0 Å². The van der Waals surface area contributed by atoms with Gasteiger partial charge in [-0.3, -0.25) is 14.5 Å². The van der Waals surface area contributed by atoms with Gasteiger partial charge in [-0.15, -0.1) is 0 Å². The molecule has 2 amide bonds. The number of aromatic nitrogens is 2. The lowest BCUT2D eigenvalue weighted by Gasteiger charge is -2.44. The molecule has 1 aromatic carbocycles. The minimum atomic E-state index is -4.93. The molecule has 3 aliphatic heterocycles. The molecule has 1 N–H and O–H groups in total. The van der Waals surface area contributed by atoms with Crippen LogP contribution in [0.15, 0.2) is 41.0 Å². The molecular weight excluding hydrogens is 570 g/mol. The van der Waals surface area contributed by atoms with Gasteiger partial charge in [0.25, 0.3) is 5.91 Å². The zero-order chi connectivity index (χ0) is 31.1. The molecule has 2 saturated heterocycles. The summed E-state index contributed by atoms with van der Waals surface area (Å²) < 4.78 is 62.7. The number of nitrogens with zero attached hydrogens (tertiary/aromatic N) is 6. The topological polar surface area (TPSA) is 103 Å². The number of hydrogen-bond donors (Lipinski definition) is 1. The van der Waals surface area contributed by atoms with Crippen LogP contribution in [0.2, 0.25) is 0 Å². The van der Waals surface area contributed by atoms with Crippen LogP contribution in [0.4, 0.5) is 34.9 Å². The normalized spacial score (nSPS) is 25.1. The predicted octanol–water partition coefficient (Wildman–Crippen LogP) is 3.69. The highest BCUT2D eigenvalue weighted by molar-refractivity contribution is 6.11. The van der Waals surface area contributed by atoms with Gasteiger partial charge in [0.1, 0.15) is 11.7 Å². The van der Waals surface area contributed by atoms with Crippen LogP contribution < -0.4 is 15.1 Å². The number of ether oxygens (including phenoxy) is 1. The first kappa shape index (κ1) is 30.5. The van der Waals surface area contributed by atoms with Crippen LogP contribution in [0.25, 0.3) is 11.3 Å². The van der Waals surface area contributed by atoms with Gasteiger partial charge in [-0.05, 0) is 46.0 Å². The fourth-order valence-corrected chi connectivity index (χ4v) is 5.54. The highest BCUT2D eigenvalue weighted by atomic mass is 19.4. The average molecular weight is 604 g/mol. The first-order chi connectivity index (χ1) is 20.3. The number of carbonyl (C=O) groups excluding carboxylic acids is 2. The molecule has 10 nitrogen and oxygen atoms in total. The number of dihydropyridines is 1. The van der Waals surface area contributed by atoms with Crippen LogP contribution in [0, 0.1) is 11.7 Å². The molecule has 0 bridgehead atoms. The van der Waals surface area contributed by atoms with E-state index >= 15 is 4.39 Å². The summed E-state index contributed by atoms with van der Waals surface area (Å²) in [7, 11) is 1.98. The number of aliphatic imine (C=N–C) groups is 1. The van der Waals surface area contributed by atoms with Gasteiger partial charge in [0, 0.05) is 62.3 Å². The number of hydrogen-bond acceptors (Lipinski definition) is 8. The number of anilines is 3. The van der Waals surface area contributed by atoms with Crippen molar-refractivity contribution >= 4 is 35.4 Å². The Bertz CT molecular complexity index is 1450. The Morgan fingerprint density at radius 1 is 1.09 bits per heavy atom. The number of alkyl halides is 3. The van der Waals surface area contributed by atoms with E-state index in [1.165, 1.54) is 24.4 Å². The third-order valence-electron chi connectivity index (χ3n) is 8.06. The summed E-state index contributed by atoms with van der Waals surface area (Å²) in [5.41, 5.74) is -0.616. The molecule has 43 heavy (non-hydrogen) atoms. The molecule has 1 aromatic heterocycles. The molecule has 0 saturated carbocycles. The van der Waals surface area contributed by atoms with Gasteiger partial charge in [0.05, 0.1) is 35.4 Å². The van der Waals surface area contributed by atoms with Crippen molar-refractivity contribution in [1.82, 2.24) is 14.9 Å². The summed E-state index contributed by atoms with van der Waals surface area (Å²) >= 11 is 0. The Balaban J connectivity index is 1.54. The predicted molar refractivity (Wildman–Crippen MR) is 154 cm³/mol. The van der Waals surface area contributed by atoms with Gasteiger partial charge < -0.3 is 19.9 Å². The van der Waals surface area contributed by atoms with Crippen molar-refractivity contribution in [3.05, 3.63) is 41.9 Å². The van der Waals surface area contributed by atoms with Gasteiger partial charge in [0.2, 0.25) is 11.9 Å². The minimum absolute atomic E-state index is 0.0401. The van der Waals surface area contributed by atoms with E-state index in [9.17, 15) is 22.8 Å². The molecule has 5 rings (SSSR count). The number of rotatable bonds is 5. The number of halogens is 4. The van der Waals surface area contributed by atoms with Crippen molar-refractivity contribution < 1.29 is 31.9 Å². The van der Waals surface area contributed by atoms with E-state index in [-0.39, 0.29) is 35.1 Å². The summed E-state index contributed by atoms with van der Waals surface area (Å²) in [6.45, 7) is 8.51. The number of morpholine rings is 1. The second-order valence-electron chi connectivity index (χ2n) is 11.2. The number of piperazine rings is 1. The SMILES string of the molecule is C[C@@H]1CN(c2nccc(-c3cc(NC(=O)C4C=NC(=O)C=C4C(F)(F)F)c(N4C[C@@H](C)N(C)[C@@H](C)C4)cc3F)n2)CCO1. The van der Waals surface area contributed by atoms with Crippen LogP contribution in [0.1, 0.15) is 20.8 Å². The lowest BCUT2D eigenvalue weighted by Crippen LogP contribution is -2.55. The standard InChI is InChI=1S/C29H33F4N7O3/c1-16-13-40(14-17(2)38(16)4)25-11-22(30)19(23-5-6-34-28(37-23)39-7-8-43-18(3)15-39)9-24(25)36-27(42)20-12-35-26(41)10-21(20)29(31,32)33/h5-6,9-12,16-18,20H,7-8,13-15H2,1-4H3,(H,36,42)/t16-,17+,18-,20?/m1/s1. The van der Waals surface area contributed by atoms with Crippen LogP contribution in [-0.4, -0.2) is 97.1 Å². The first-order valence-electron chi connectivity index (χ1n) is 14.0. The van der Waals surface area contributed by atoms with E-state index in [1.807, 2.05) is 37.6 Å². The largest absolute Gasteiger partial charge is 0.414 e. The highest BCUT2D eigenvalue weighted by Crippen LogP contribution is 2.38. The van der Waals surface area contributed by atoms with Crippen molar-refractivity contribution in [3.8, 4) is 11.3 Å². The van der Waals surface area contributed by atoms with E-state index in [4.69, 9.17) is 4.74 Å². The zero-order valence-corrected chi connectivity index (χ0v) is 24.2. The molecule has 0 radical (unpaired) electrons. The van der Waals surface area contributed by atoms with Gasteiger partial charge in [-0.25, -0.2) is 19.4 Å². The van der Waals surface area contributed by atoms with E-state index in [0.29, 0.717) is 56.7 Å². The Morgan fingerprint density at radius 3 is 2.49 bits per heavy atom. The van der Waals surface area contributed by atoms with Gasteiger partial charge in [-0.2, -0.15) is 13.2 Å². The zero-order valence-electron chi connectivity index (χ0n) is 24.2. The van der Waals surface area contributed by atoms with Crippen molar-refractivity contribution in [2.75, 3.05) is 55.0 Å². The van der Waals surface area contributed by atoms with Crippen LogP contribution in [0.5, 0.6) is 0 Å². The van der Waals surface area contributed by atoms with Gasteiger partial charge in [0.15, 0.2) is 0 Å². The summed E-state index contributed by atoms with van der Waals surface area (Å²) in [5, 5.41) is 2.58. The molecule has 2 aromatic rings. The average Bonchev–Trinajstić information content (AvgIpc) is 2.96. The summed E-state index contributed by atoms with van der Waals surface area (Å²) in [4.78, 5) is 43.3. The molecule has 1 unspecified atom stereocenters. The molecule has 0 spiro atoms. The Labute approximate surface area is 246 Å². The van der Waals surface area contributed by atoms with Crippen molar-refractivity contribution in [3.63, 3.8) is 0 Å². The maximum absolute atomic E-state index is 15.9. The highest BCUT2D eigenvalue weighted by Gasteiger charge is 2.43. The molecule has 4 atom stereocenters. The summed E-state index contributed by atoms with van der Waals surface area (Å²) in [6, 6.07) is 4.33. The molecule has 0 aliphatic carbocycles. The number of carbonyl (C=O) groups is 2. The number of nitrogens with one attached hydrogen (secondary N) is 1. The van der Waals surface area contributed by atoms with Crippen LogP contribution in [-0.2, 0) is 14.3 Å². The molecule has 14 heteroatoms. The van der Waals surface area contributed by atoms with Crippen LogP contribution in [0.3, 0.4) is 0 Å². The van der Waals surface area contributed by atoms with E-state index in [1.54, 1.807) is 0 Å². The van der Waals surface area contributed by atoms with E-state index in [0.717, 1.165) is 0 Å². The monoisotopic (exact) mass is 603 g/mol. The van der Waals surface area contributed by atoms with Gasteiger partial charge >= 0.3 is 6.18 Å². The minimum Gasteiger partial charge on any atom is -0.375 e. The quantitative estimate of drug-likeness (QED) is 0.517. The maximum Gasteiger partial charge on any atom is 0.414 e. The molecular formula is C29H33F4N7O3. The van der Waals surface area contributed by atoms with Crippen LogP contribution >= 0.6 is 0 Å². The Hall–Kier alpha value is -3.91. The van der Waals surface area contributed by atoms with Crippen molar-refractivity contribution in [2.45, 2.75) is 45.1 Å². The third-order valence-corrected chi connectivity index (χ3v) is 8.06. The second-order valence-corrected chi connectivity index (χ2v) is 11.2. The summed E-state index contributed by atoms with van der Waals surface area (Å²) in [6.07, 6.45) is -2.47. The molecule has 2 fully saturated rings. The number of benzene rings is 1. The third kappa shape index (κ3) is 6.54. The molecule has 230 valence electrons. The van der Waals surface area contributed by atoms with Crippen molar-refractivity contribution in [1.29, 1.82) is 0 Å². The smallest absolute Gasteiger partial charge is 0.375 e. The fourth-order valence-electron chi connectivity index (χ4n) is 5.54. The Kier molecular flexibility index (Phi) is 8.52. The van der Waals surface area contributed by atoms with E-state index < -0.39 is 35.3 Å². The lowest BCUT2D eigenvalue weighted by atomic mass is 9.95. The lowest BCUT2D eigenvalue weighted by molar-refractivity contribution is -0.124. The fraction of sp³-hybridized carbons (Fsp3) is 0.483. The second kappa shape index (κ2) is 12.0. The molecule has 3 aliphatic rings. The Morgan fingerprint density at radius 2 is 1.81 bits per heavy atom. The number of likely N-dealkylation sites (N-methyl/N-ethyl adjacent to an activating group) is 1. The maximum atomic E-state index is 15.9. The summed E-state index contributed by atoms with van der Waals surface area (Å²) in [5.74, 6) is -4.26. The molecule has 4 heterocycles. The van der Waals surface area contributed by atoms with E-state index in [2.05, 4.69) is 25.2 Å².